The maximum atomic E-state index is 11.0. The number of likely N-dealkylation sites (tertiary alicyclic amines) is 1. The monoisotopic (exact) mass is 294 g/mol. The quantitative estimate of drug-likeness (QED) is 0.488. The zero-order valence-corrected chi connectivity index (χ0v) is 12.4. The Kier molecular flexibility index (Phi) is 5.11. The fraction of sp³-hybridized carbons (Fsp3) is 0.571. The fourth-order valence-electron chi connectivity index (χ4n) is 2.76. The summed E-state index contributed by atoms with van der Waals surface area (Å²) < 4.78 is 5.49. The van der Waals surface area contributed by atoms with Crippen molar-refractivity contribution in [3.63, 3.8) is 0 Å². The van der Waals surface area contributed by atoms with Gasteiger partial charge in [-0.3, -0.25) is 20.9 Å². The Hall–Kier alpha value is -1.70. The van der Waals surface area contributed by atoms with E-state index in [0.29, 0.717) is 18.2 Å². The first-order chi connectivity index (χ1) is 10.0. The van der Waals surface area contributed by atoms with Gasteiger partial charge < -0.3 is 10.2 Å². The van der Waals surface area contributed by atoms with Crippen LogP contribution in [0.25, 0.3) is 0 Å². The van der Waals surface area contributed by atoms with E-state index >= 15 is 0 Å². The van der Waals surface area contributed by atoms with Crippen molar-refractivity contribution in [1.29, 1.82) is 0 Å². The molecule has 7 nitrogen and oxygen atoms in total. The molecule has 1 saturated heterocycles. The zero-order chi connectivity index (χ0) is 15.4. The van der Waals surface area contributed by atoms with Crippen LogP contribution in [0.4, 0.5) is 11.4 Å². The molecule has 2 unspecified atom stereocenters. The van der Waals surface area contributed by atoms with Gasteiger partial charge in [-0.25, -0.2) is 0 Å². The number of nitrogens with one attached hydrogen (secondary N) is 1. The van der Waals surface area contributed by atoms with Crippen LogP contribution in [0.1, 0.15) is 18.9 Å². The summed E-state index contributed by atoms with van der Waals surface area (Å²) in [4.78, 5) is 12.9. The molecule has 0 spiro atoms. The first-order valence-corrected chi connectivity index (χ1v) is 7.04. The Balaban J connectivity index is 2.09. The molecule has 0 radical (unpaired) electrons. The van der Waals surface area contributed by atoms with Gasteiger partial charge >= 0.3 is 0 Å². The fourth-order valence-corrected chi connectivity index (χ4v) is 2.76. The lowest BCUT2D eigenvalue weighted by Crippen LogP contribution is -2.43. The van der Waals surface area contributed by atoms with Crippen LogP contribution < -0.4 is 11.3 Å². The Bertz CT molecular complexity index is 509. The first-order valence-electron chi connectivity index (χ1n) is 7.04. The smallest absolute Gasteiger partial charge is 0.293 e. The minimum Gasteiger partial charge on any atom is -0.380 e. The molecule has 116 valence electrons. The molecule has 3 N–H and O–H groups in total. The third-order valence-electron chi connectivity index (χ3n) is 4.10. The molecule has 0 saturated carbocycles. The predicted octanol–water partition coefficient (Wildman–Crippen LogP) is 1.74. The molecule has 1 aliphatic rings. The number of piperidine rings is 1. The van der Waals surface area contributed by atoms with Crippen LogP contribution in [0.3, 0.4) is 0 Å². The number of methoxy groups -OCH3 is 1. The molecule has 1 heterocycles. The number of anilines is 1. The largest absolute Gasteiger partial charge is 0.380 e. The van der Waals surface area contributed by atoms with Gasteiger partial charge in [0.15, 0.2) is 0 Å². The lowest BCUT2D eigenvalue weighted by atomic mass is 9.95. The normalized spacial score (nSPS) is 23.0. The van der Waals surface area contributed by atoms with Crippen molar-refractivity contribution >= 4 is 11.4 Å². The Morgan fingerprint density at radius 2 is 2.33 bits per heavy atom. The third-order valence-corrected chi connectivity index (χ3v) is 4.10. The molecular formula is C14H22N4O3. The second-order valence-corrected chi connectivity index (χ2v) is 5.53. The number of hydrazine groups is 1. The summed E-state index contributed by atoms with van der Waals surface area (Å²) in [6.45, 7) is 4.70. The number of nitrogens with two attached hydrogens (primary N) is 1. The van der Waals surface area contributed by atoms with Crippen molar-refractivity contribution < 1.29 is 9.66 Å². The highest BCUT2D eigenvalue weighted by Gasteiger charge is 2.26. The van der Waals surface area contributed by atoms with Gasteiger partial charge in [-0.15, -0.1) is 0 Å². The van der Waals surface area contributed by atoms with Gasteiger partial charge in [-0.1, -0.05) is 13.0 Å². The number of benzene rings is 1. The highest BCUT2D eigenvalue weighted by Crippen LogP contribution is 2.26. The molecule has 1 aliphatic heterocycles. The zero-order valence-electron chi connectivity index (χ0n) is 12.4. The molecule has 0 aliphatic carbocycles. The van der Waals surface area contributed by atoms with Crippen molar-refractivity contribution in [3.8, 4) is 0 Å². The summed E-state index contributed by atoms with van der Waals surface area (Å²) in [6, 6.07) is 5.09. The topological polar surface area (TPSA) is 93.7 Å². The summed E-state index contributed by atoms with van der Waals surface area (Å²) in [5, 5.41) is 11.0. The van der Waals surface area contributed by atoms with E-state index in [1.54, 1.807) is 19.2 Å². The van der Waals surface area contributed by atoms with Gasteiger partial charge in [-0.2, -0.15) is 0 Å². The maximum absolute atomic E-state index is 11.0. The van der Waals surface area contributed by atoms with Crippen molar-refractivity contribution in [2.24, 2.45) is 11.8 Å². The van der Waals surface area contributed by atoms with E-state index < -0.39 is 4.92 Å². The van der Waals surface area contributed by atoms with Gasteiger partial charge in [0, 0.05) is 26.3 Å². The van der Waals surface area contributed by atoms with Crippen molar-refractivity contribution in [2.45, 2.75) is 26.0 Å². The van der Waals surface area contributed by atoms with Crippen LogP contribution in [0.5, 0.6) is 0 Å². The number of hydrogen-bond donors (Lipinski definition) is 2. The molecule has 7 heteroatoms. The molecule has 0 bridgehead atoms. The predicted molar refractivity (Wildman–Crippen MR) is 80.8 cm³/mol. The van der Waals surface area contributed by atoms with Crippen LogP contribution in [0, 0.1) is 16.0 Å². The molecular weight excluding hydrogens is 272 g/mol. The van der Waals surface area contributed by atoms with E-state index in [2.05, 4.69) is 17.2 Å². The SMILES string of the molecule is COC1CN(Cc2ccc(NN)c([N+](=O)[O-])c2)CCC1C. The number of nitrogens with zero attached hydrogens (tertiary/aromatic N) is 2. The van der Waals surface area contributed by atoms with Gasteiger partial charge in [0.05, 0.1) is 11.0 Å². The van der Waals surface area contributed by atoms with E-state index in [-0.39, 0.29) is 11.8 Å². The Labute approximate surface area is 124 Å². The first kappa shape index (κ1) is 15.7. The van der Waals surface area contributed by atoms with Gasteiger partial charge in [0.2, 0.25) is 0 Å². The van der Waals surface area contributed by atoms with Crippen LogP contribution in [-0.2, 0) is 11.3 Å². The summed E-state index contributed by atoms with van der Waals surface area (Å²) in [5.74, 6) is 5.84. The van der Waals surface area contributed by atoms with Crippen molar-refractivity contribution in [3.05, 3.63) is 33.9 Å². The van der Waals surface area contributed by atoms with Crippen molar-refractivity contribution in [2.75, 3.05) is 25.6 Å². The minimum atomic E-state index is -0.422. The molecule has 1 fully saturated rings. The van der Waals surface area contributed by atoms with Crippen LogP contribution >= 0.6 is 0 Å². The van der Waals surface area contributed by atoms with E-state index in [4.69, 9.17) is 10.6 Å². The van der Waals surface area contributed by atoms with E-state index in [9.17, 15) is 10.1 Å². The minimum absolute atomic E-state index is 0.00340. The molecule has 2 rings (SSSR count). The van der Waals surface area contributed by atoms with Gasteiger partial charge in [0.1, 0.15) is 5.69 Å². The standard InChI is InChI=1S/C14H22N4O3/c1-10-5-6-17(9-14(10)21-2)8-11-3-4-12(16-15)13(7-11)18(19)20/h3-4,7,10,14,16H,5-6,8-9,15H2,1-2H3. The van der Waals surface area contributed by atoms with Crippen molar-refractivity contribution in [1.82, 2.24) is 4.90 Å². The van der Waals surface area contributed by atoms with Gasteiger partial charge in [-0.05, 0) is 30.5 Å². The number of nitrogen functional groups attached to an aromatic ring is 1. The summed E-state index contributed by atoms with van der Waals surface area (Å²) in [6.07, 6.45) is 1.29. The Morgan fingerprint density at radius 3 is 2.95 bits per heavy atom. The van der Waals surface area contributed by atoms with E-state index in [1.165, 1.54) is 0 Å². The number of ether oxygens (including phenoxy) is 1. The Morgan fingerprint density at radius 1 is 1.57 bits per heavy atom. The van der Waals surface area contributed by atoms with E-state index in [1.807, 2.05) is 6.07 Å². The van der Waals surface area contributed by atoms with E-state index in [0.717, 1.165) is 25.1 Å². The highest BCUT2D eigenvalue weighted by atomic mass is 16.6. The second-order valence-electron chi connectivity index (χ2n) is 5.53. The van der Waals surface area contributed by atoms with Crippen LogP contribution in [-0.4, -0.2) is 36.1 Å². The molecule has 0 amide bonds. The number of nitro groups is 1. The number of hydrogen-bond acceptors (Lipinski definition) is 6. The molecule has 1 aromatic carbocycles. The lowest BCUT2D eigenvalue weighted by Gasteiger charge is -2.36. The summed E-state index contributed by atoms with van der Waals surface area (Å²) in [7, 11) is 1.73. The molecule has 21 heavy (non-hydrogen) atoms. The second kappa shape index (κ2) is 6.84. The number of rotatable bonds is 5. The average Bonchev–Trinajstić information content (AvgIpc) is 2.49. The molecule has 1 aromatic rings. The highest BCUT2D eigenvalue weighted by molar-refractivity contribution is 5.61. The van der Waals surface area contributed by atoms with Gasteiger partial charge in [0.25, 0.3) is 5.69 Å². The average molecular weight is 294 g/mol. The molecule has 2 atom stereocenters. The number of nitro benzene ring substituents is 1. The maximum Gasteiger partial charge on any atom is 0.293 e. The van der Waals surface area contributed by atoms with Crippen LogP contribution in [0.15, 0.2) is 18.2 Å². The molecule has 0 aromatic heterocycles. The third kappa shape index (κ3) is 3.69. The lowest BCUT2D eigenvalue weighted by molar-refractivity contribution is -0.384. The summed E-state index contributed by atoms with van der Waals surface area (Å²) >= 11 is 0. The van der Waals surface area contributed by atoms with Crippen LogP contribution in [0.2, 0.25) is 0 Å². The summed E-state index contributed by atoms with van der Waals surface area (Å²) in [5.41, 5.74) is 3.59.